The zero-order chi connectivity index (χ0) is 14.8. The third kappa shape index (κ3) is 3.40. The average Bonchev–Trinajstić information content (AvgIpc) is 2.76. The van der Waals surface area contributed by atoms with Crippen LogP contribution in [-0.4, -0.2) is 45.6 Å². The van der Waals surface area contributed by atoms with E-state index in [9.17, 15) is 13.2 Å². The van der Waals surface area contributed by atoms with E-state index in [1.165, 1.54) is 6.07 Å². The van der Waals surface area contributed by atoms with Gasteiger partial charge in [-0.15, -0.1) is 0 Å². The first-order valence-electron chi connectivity index (χ1n) is 6.17. The summed E-state index contributed by atoms with van der Waals surface area (Å²) >= 11 is 0. The number of urea groups is 1. The highest BCUT2D eigenvalue weighted by molar-refractivity contribution is 7.89. The lowest BCUT2D eigenvalue weighted by Crippen LogP contribution is -2.32. The highest BCUT2D eigenvalue weighted by Gasteiger charge is 2.20. The molecular weight excluding hydrogens is 282 g/mol. The molecule has 1 fully saturated rings. The van der Waals surface area contributed by atoms with Crippen LogP contribution in [0.3, 0.4) is 0 Å². The fourth-order valence-electron chi connectivity index (χ4n) is 1.95. The molecule has 0 atom stereocenters. The van der Waals surface area contributed by atoms with Gasteiger partial charge in [0.15, 0.2) is 0 Å². The van der Waals surface area contributed by atoms with Gasteiger partial charge < -0.3 is 15.0 Å². The molecule has 0 spiro atoms. The summed E-state index contributed by atoms with van der Waals surface area (Å²) in [4.78, 5) is 12.9. The summed E-state index contributed by atoms with van der Waals surface area (Å²) in [6.45, 7) is 3.61. The largest absolute Gasteiger partial charge is 0.490 e. The molecule has 0 saturated carbocycles. The topological polar surface area (TPSA) is 102 Å². The van der Waals surface area contributed by atoms with E-state index < -0.39 is 10.0 Å². The number of nitrogens with one attached hydrogen (secondary N) is 1. The Bertz CT molecular complexity index is 615. The van der Waals surface area contributed by atoms with Crippen LogP contribution >= 0.6 is 0 Å². The Morgan fingerprint density at radius 1 is 1.45 bits per heavy atom. The molecular formula is C12H17N3O4S. The number of carbonyl (C=O) groups excluding carboxylic acids is 1. The van der Waals surface area contributed by atoms with Crippen molar-refractivity contribution in [1.82, 2.24) is 10.2 Å². The van der Waals surface area contributed by atoms with Crippen LogP contribution in [0.4, 0.5) is 4.79 Å². The smallest absolute Gasteiger partial charge is 0.317 e. The van der Waals surface area contributed by atoms with Gasteiger partial charge in [-0.3, -0.25) is 0 Å². The third-order valence-electron chi connectivity index (χ3n) is 2.97. The summed E-state index contributed by atoms with van der Waals surface area (Å²) < 4.78 is 28.4. The summed E-state index contributed by atoms with van der Waals surface area (Å²) in [5.41, 5.74) is 0.778. The molecule has 0 bridgehead atoms. The maximum absolute atomic E-state index is 11.5. The van der Waals surface area contributed by atoms with Gasteiger partial charge in [0, 0.05) is 13.1 Å². The van der Waals surface area contributed by atoms with Crippen molar-refractivity contribution < 1.29 is 17.9 Å². The van der Waals surface area contributed by atoms with Gasteiger partial charge in [0.25, 0.3) is 0 Å². The number of primary sulfonamides is 1. The van der Waals surface area contributed by atoms with Crippen molar-refractivity contribution in [2.45, 2.75) is 11.8 Å². The molecule has 2 rings (SSSR count). The Hall–Kier alpha value is -1.80. The second kappa shape index (κ2) is 5.68. The number of nitrogens with two attached hydrogens (primary N) is 1. The fraction of sp³-hybridized carbons (Fsp3) is 0.417. The lowest BCUT2D eigenvalue weighted by atomic mass is 10.2. The summed E-state index contributed by atoms with van der Waals surface area (Å²) in [5, 5.41) is 7.84. The molecule has 1 aromatic rings. The Morgan fingerprint density at radius 2 is 2.20 bits per heavy atom. The molecule has 1 aromatic carbocycles. The molecule has 1 aliphatic rings. The minimum Gasteiger partial charge on any atom is -0.490 e. The number of amides is 2. The van der Waals surface area contributed by atoms with Crippen molar-refractivity contribution in [2.24, 2.45) is 5.14 Å². The molecule has 8 heteroatoms. The number of hydrogen-bond donors (Lipinski definition) is 2. The SMILES string of the molecule is Cc1ccc(OCCN2CCNC2=O)c(S(N)(=O)=O)c1. The monoisotopic (exact) mass is 299 g/mol. The van der Waals surface area contributed by atoms with E-state index in [1.54, 1.807) is 24.0 Å². The molecule has 7 nitrogen and oxygen atoms in total. The minimum atomic E-state index is -3.83. The highest BCUT2D eigenvalue weighted by Crippen LogP contribution is 2.23. The Kier molecular flexibility index (Phi) is 4.15. The molecule has 20 heavy (non-hydrogen) atoms. The molecule has 0 aliphatic carbocycles. The van der Waals surface area contributed by atoms with E-state index in [0.29, 0.717) is 19.6 Å². The first-order valence-corrected chi connectivity index (χ1v) is 7.71. The molecule has 2 amide bonds. The second-order valence-electron chi connectivity index (χ2n) is 4.56. The summed E-state index contributed by atoms with van der Waals surface area (Å²) in [6, 6.07) is 4.64. The zero-order valence-corrected chi connectivity index (χ0v) is 11.9. The van der Waals surface area contributed by atoms with Crippen LogP contribution in [0.25, 0.3) is 0 Å². The first kappa shape index (κ1) is 14.6. The van der Waals surface area contributed by atoms with Crippen molar-refractivity contribution >= 4 is 16.1 Å². The molecule has 1 aliphatic heterocycles. The van der Waals surface area contributed by atoms with Crippen LogP contribution in [0.15, 0.2) is 23.1 Å². The number of sulfonamides is 1. The van der Waals surface area contributed by atoms with Gasteiger partial charge >= 0.3 is 6.03 Å². The van der Waals surface area contributed by atoms with Crippen molar-refractivity contribution in [2.75, 3.05) is 26.2 Å². The Balaban J connectivity index is 2.04. The summed E-state index contributed by atoms with van der Waals surface area (Å²) in [6.07, 6.45) is 0. The van der Waals surface area contributed by atoms with Gasteiger partial charge in [-0.25, -0.2) is 18.4 Å². The predicted molar refractivity (Wildman–Crippen MR) is 73.0 cm³/mol. The van der Waals surface area contributed by atoms with Crippen LogP contribution in [0, 0.1) is 6.92 Å². The van der Waals surface area contributed by atoms with Crippen molar-refractivity contribution in [3.8, 4) is 5.75 Å². The number of ether oxygens (including phenoxy) is 1. The van der Waals surface area contributed by atoms with Gasteiger partial charge in [-0.1, -0.05) is 6.07 Å². The lowest BCUT2D eigenvalue weighted by molar-refractivity contribution is 0.201. The van der Waals surface area contributed by atoms with Gasteiger partial charge in [-0.2, -0.15) is 0 Å². The molecule has 110 valence electrons. The van der Waals surface area contributed by atoms with E-state index in [0.717, 1.165) is 5.56 Å². The minimum absolute atomic E-state index is 0.0385. The Morgan fingerprint density at radius 3 is 2.80 bits per heavy atom. The number of benzene rings is 1. The highest BCUT2D eigenvalue weighted by atomic mass is 32.2. The van der Waals surface area contributed by atoms with E-state index in [4.69, 9.17) is 9.88 Å². The maximum Gasteiger partial charge on any atom is 0.317 e. The van der Waals surface area contributed by atoms with Crippen molar-refractivity contribution in [1.29, 1.82) is 0 Å². The number of aryl methyl sites for hydroxylation is 1. The lowest BCUT2D eigenvalue weighted by Gasteiger charge is -2.16. The quantitative estimate of drug-likeness (QED) is 0.801. The predicted octanol–water partition coefficient (Wildman–Crippen LogP) is 0.0464. The first-order chi connectivity index (χ1) is 9.38. The average molecular weight is 299 g/mol. The van der Waals surface area contributed by atoms with Gasteiger partial charge in [0.05, 0.1) is 6.54 Å². The normalized spacial score (nSPS) is 15.3. The molecule has 3 N–H and O–H groups in total. The van der Waals surface area contributed by atoms with Gasteiger partial charge in [-0.05, 0) is 24.6 Å². The standard InChI is InChI=1S/C12H17N3O4S/c1-9-2-3-10(11(8-9)20(13,17)18)19-7-6-15-5-4-14-12(15)16/h2-3,8H,4-7H2,1H3,(H,14,16)(H2,13,17,18). The van der Waals surface area contributed by atoms with E-state index >= 15 is 0 Å². The summed E-state index contributed by atoms with van der Waals surface area (Å²) in [5.74, 6) is 0.206. The number of rotatable bonds is 5. The third-order valence-corrected chi connectivity index (χ3v) is 3.90. The number of nitrogens with zero attached hydrogens (tertiary/aromatic N) is 1. The molecule has 0 unspecified atom stereocenters. The summed E-state index contributed by atoms with van der Waals surface area (Å²) in [7, 11) is -3.83. The molecule has 1 heterocycles. The van der Waals surface area contributed by atoms with Crippen molar-refractivity contribution in [3.63, 3.8) is 0 Å². The van der Waals surface area contributed by atoms with Crippen LogP contribution < -0.4 is 15.2 Å². The van der Waals surface area contributed by atoms with Gasteiger partial charge in [0.1, 0.15) is 17.3 Å². The van der Waals surface area contributed by atoms with Crippen LogP contribution in [0.5, 0.6) is 5.75 Å². The Labute approximate surface area is 117 Å². The molecule has 0 aromatic heterocycles. The van der Waals surface area contributed by atoms with E-state index in [-0.39, 0.29) is 23.3 Å². The zero-order valence-electron chi connectivity index (χ0n) is 11.1. The molecule has 0 radical (unpaired) electrons. The van der Waals surface area contributed by atoms with Gasteiger partial charge in [0.2, 0.25) is 10.0 Å². The molecule has 1 saturated heterocycles. The van der Waals surface area contributed by atoms with Crippen LogP contribution in [-0.2, 0) is 10.0 Å². The van der Waals surface area contributed by atoms with Crippen LogP contribution in [0.2, 0.25) is 0 Å². The van der Waals surface area contributed by atoms with Crippen molar-refractivity contribution in [3.05, 3.63) is 23.8 Å². The number of carbonyl (C=O) groups is 1. The number of hydrogen-bond acceptors (Lipinski definition) is 4. The second-order valence-corrected chi connectivity index (χ2v) is 6.09. The van der Waals surface area contributed by atoms with E-state index in [2.05, 4.69) is 5.32 Å². The fourth-order valence-corrected chi connectivity index (χ4v) is 2.70. The van der Waals surface area contributed by atoms with Crippen LogP contribution in [0.1, 0.15) is 5.56 Å². The van der Waals surface area contributed by atoms with E-state index in [1.807, 2.05) is 0 Å². The maximum atomic E-state index is 11.5.